The van der Waals surface area contributed by atoms with Crippen molar-refractivity contribution in [3.63, 3.8) is 0 Å². The lowest BCUT2D eigenvalue weighted by atomic mass is 10.2. The molecular formula is C12H14N4. The Morgan fingerprint density at radius 1 is 1.25 bits per heavy atom. The first-order chi connectivity index (χ1) is 7.90. The molecule has 0 atom stereocenters. The lowest BCUT2D eigenvalue weighted by molar-refractivity contribution is 0.763. The van der Waals surface area contributed by atoms with Crippen LogP contribution in [-0.4, -0.2) is 15.0 Å². The molecule has 1 fully saturated rings. The van der Waals surface area contributed by atoms with Gasteiger partial charge in [0.25, 0.3) is 0 Å². The summed E-state index contributed by atoms with van der Waals surface area (Å²) in [6.07, 6.45) is 2.46. The average Bonchev–Trinajstić information content (AvgIpc) is 3.09. The van der Waals surface area contributed by atoms with Crippen LogP contribution >= 0.6 is 0 Å². The molecule has 1 saturated carbocycles. The minimum Gasteiger partial charge on any atom is -0.325 e. The van der Waals surface area contributed by atoms with Crippen molar-refractivity contribution in [3.05, 3.63) is 41.7 Å². The molecule has 1 heterocycles. The first-order valence-electron chi connectivity index (χ1n) is 5.60. The molecule has 0 spiro atoms. The van der Waals surface area contributed by atoms with E-state index in [0.29, 0.717) is 12.5 Å². The van der Waals surface area contributed by atoms with Crippen molar-refractivity contribution in [3.8, 4) is 5.69 Å². The highest BCUT2D eigenvalue weighted by molar-refractivity contribution is 5.35. The van der Waals surface area contributed by atoms with Gasteiger partial charge in [0.2, 0.25) is 0 Å². The quantitative estimate of drug-likeness (QED) is 0.844. The zero-order chi connectivity index (χ0) is 11.0. The summed E-state index contributed by atoms with van der Waals surface area (Å²) in [6.45, 7) is 0.471. The molecule has 0 aliphatic heterocycles. The molecule has 16 heavy (non-hydrogen) atoms. The van der Waals surface area contributed by atoms with E-state index in [0.717, 1.165) is 11.4 Å². The fraction of sp³-hybridized carbons (Fsp3) is 0.333. The van der Waals surface area contributed by atoms with E-state index in [2.05, 4.69) is 10.3 Å². The fourth-order valence-corrected chi connectivity index (χ4v) is 1.99. The molecule has 0 bridgehead atoms. The maximum atomic E-state index is 5.69. The molecular weight excluding hydrogens is 200 g/mol. The predicted octanol–water partition coefficient (Wildman–Crippen LogP) is 1.60. The van der Waals surface area contributed by atoms with E-state index in [1.807, 2.05) is 35.0 Å². The van der Waals surface area contributed by atoms with Crippen LogP contribution < -0.4 is 5.73 Å². The lowest BCUT2D eigenvalue weighted by Gasteiger charge is -2.05. The van der Waals surface area contributed by atoms with E-state index in [-0.39, 0.29) is 0 Å². The number of benzene rings is 1. The van der Waals surface area contributed by atoms with Crippen molar-refractivity contribution < 1.29 is 0 Å². The zero-order valence-electron chi connectivity index (χ0n) is 9.00. The van der Waals surface area contributed by atoms with Crippen LogP contribution in [0.4, 0.5) is 0 Å². The molecule has 0 saturated heterocycles. The molecule has 4 heteroatoms. The summed E-state index contributed by atoms with van der Waals surface area (Å²) < 4.78 is 1.93. The van der Waals surface area contributed by atoms with Gasteiger partial charge in [-0.1, -0.05) is 23.4 Å². The Bertz CT molecular complexity index is 485. The second kappa shape index (κ2) is 3.72. The van der Waals surface area contributed by atoms with Gasteiger partial charge in [0.1, 0.15) is 5.69 Å². The lowest BCUT2D eigenvalue weighted by Crippen LogP contribution is -2.04. The number of aromatic nitrogens is 3. The molecule has 4 nitrogen and oxygen atoms in total. The topological polar surface area (TPSA) is 56.7 Å². The summed E-state index contributed by atoms with van der Waals surface area (Å²) in [4.78, 5) is 0. The van der Waals surface area contributed by atoms with Gasteiger partial charge >= 0.3 is 0 Å². The third-order valence-electron chi connectivity index (χ3n) is 2.94. The maximum Gasteiger partial charge on any atom is 0.100 e. The number of nitrogens with two attached hydrogens (primary N) is 1. The van der Waals surface area contributed by atoms with Gasteiger partial charge in [-0.05, 0) is 25.0 Å². The van der Waals surface area contributed by atoms with Gasteiger partial charge < -0.3 is 5.73 Å². The number of hydrogen-bond donors (Lipinski definition) is 1. The normalized spacial score (nSPS) is 15.3. The van der Waals surface area contributed by atoms with Gasteiger partial charge in [0.15, 0.2) is 0 Å². The largest absolute Gasteiger partial charge is 0.325 e. The first-order valence-corrected chi connectivity index (χ1v) is 5.60. The molecule has 2 N–H and O–H groups in total. The van der Waals surface area contributed by atoms with Gasteiger partial charge in [0.05, 0.1) is 11.4 Å². The van der Waals surface area contributed by atoms with Gasteiger partial charge in [-0.3, -0.25) is 0 Å². The van der Waals surface area contributed by atoms with Crippen molar-refractivity contribution in [1.82, 2.24) is 15.0 Å². The standard InChI is InChI=1S/C12H14N4/c13-8-11-12(9-6-7-9)16(15-14-11)10-4-2-1-3-5-10/h1-5,9H,6-8,13H2. The van der Waals surface area contributed by atoms with E-state index in [9.17, 15) is 0 Å². The smallest absolute Gasteiger partial charge is 0.100 e. The Morgan fingerprint density at radius 3 is 2.62 bits per heavy atom. The van der Waals surface area contributed by atoms with Crippen LogP contribution in [0.25, 0.3) is 5.69 Å². The average molecular weight is 214 g/mol. The van der Waals surface area contributed by atoms with Crippen molar-refractivity contribution in [2.45, 2.75) is 25.3 Å². The maximum absolute atomic E-state index is 5.69. The molecule has 1 aliphatic carbocycles. The van der Waals surface area contributed by atoms with Crippen LogP contribution in [0.15, 0.2) is 30.3 Å². The fourth-order valence-electron chi connectivity index (χ4n) is 1.99. The second-order valence-corrected chi connectivity index (χ2v) is 4.15. The van der Waals surface area contributed by atoms with Crippen molar-refractivity contribution in [2.24, 2.45) is 5.73 Å². The van der Waals surface area contributed by atoms with Crippen molar-refractivity contribution in [1.29, 1.82) is 0 Å². The van der Waals surface area contributed by atoms with E-state index in [4.69, 9.17) is 5.73 Å². The van der Waals surface area contributed by atoms with E-state index >= 15 is 0 Å². The highest BCUT2D eigenvalue weighted by Gasteiger charge is 2.31. The highest BCUT2D eigenvalue weighted by Crippen LogP contribution is 2.41. The summed E-state index contributed by atoms with van der Waals surface area (Å²) in [7, 11) is 0. The summed E-state index contributed by atoms with van der Waals surface area (Å²) in [5.41, 5.74) is 8.90. The van der Waals surface area contributed by atoms with Gasteiger partial charge in [-0.2, -0.15) is 0 Å². The molecule has 1 aromatic carbocycles. The summed E-state index contributed by atoms with van der Waals surface area (Å²) in [5.74, 6) is 0.605. The predicted molar refractivity (Wildman–Crippen MR) is 61.2 cm³/mol. The molecule has 3 rings (SSSR count). The monoisotopic (exact) mass is 214 g/mol. The van der Waals surface area contributed by atoms with Crippen LogP contribution in [-0.2, 0) is 6.54 Å². The number of hydrogen-bond acceptors (Lipinski definition) is 3. The number of rotatable bonds is 3. The van der Waals surface area contributed by atoms with E-state index < -0.39 is 0 Å². The molecule has 1 aliphatic rings. The molecule has 0 amide bonds. The Labute approximate surface area is 94.1 Å². The Hall–Kier alpha value is -1.68. The summed E-state index contributed by atoms with van der Waals surface area (Å²) >= 11 is 0. The van der Waals surface area contributed by atoms with E-state index in [1.54, 1.807) is 0 Å². The van der Waals surface area contributed by atoms with Gasteiger partial charge in [0, 0.05) is 12.5 Å². The number of nitrogens with zero attached hydrogens (tertiary/aromatic N) is 3. The van der Waals surface area contributed by atoms with Crippen LogP contribution in [0.2, 0.25) is 0 Å². The molecule has 0 unspecified atom stereocenters. The minimum atomic E-state index is 0.471. The molecule has 2 aromatic rings. The number of para-hydroxylation sites is 1. The van der Waals surface area contributed by atoms with Crippen LogP contribution in [0.1, 0.15) is 30.1 Å². The van der Waals surface area contributed by atoms with Crippen molar-refractivity contribution in [2.75, 3.05) is 0 Å². The Kier molecular flexibility index (Phi) is 2.22. The molecule has 1 aromatic heterocycles. The SMILES string of the molecule is NCc1nnn(-c2ccccc2)c1C1CC1. The van der Waals surface area contributed by atoms with Crippen LogP contribution in [0, 0.1) is 0 Å². The van der Waals surface area contributed by atoms with Gasteiger partial charge in [-0.25, -0.2) is 4.68 Å². The molecule has 82 valence electrons. The van der Waals surface area contributed by atoms with Crippen LogP contribution in [0.3, 0.4) is 0 Å². The van der Waals surface area contributed by atoms with E-state index in [1.165, 1.54) is 18.5 Å². The Balaban J connectivity index is 2.10. The van der Waals surface area contributed by atoms with Crippen molar-refractivity contribution >= 4 is 0 Å². The summed E-state index contributed by atoms with van der Waals surface area (Å²) in [5, 5.41) is 8.37. The third kappa shape index (κ3) is 1.51. The molecule has 0 radical (unpaired) electrons. The second-order valence-electron chi connectivity index (χ2n) is 4.15. The van der Waals surface area contributed by atoms with Gasteiger partial charge in [-0.15, -0.1) is 5.10 Å². The van der Waals surface area contributed by atoms with Crippen LogP contribution in [0.5, 0.6) is 0 Å². The third-order valence-corrected chi connectivity index (χ3v) is 2.94. The highest BCUT2D eigenvalue weighted by atomic mass is 15.4. The first kappa shape index (κ1) is 9.54. The Morgan fingerprint density at radius 2 is 2.00 bits per heavy atom. The minimum absolute atomic E-state index is 0.471. The summed E-state index contributed by atoms with van der Waals surface area (Å²) in [6, 6.07) is 10.1. The zero-order valence-corrected chi connectivity index (χ0v) is 9.00.